The zero-order chi connectivity index (χ0) is 10.3. The molecule has 0 aromatic rings. The van der Waals surface area contributed by atoms with E-state index in [4.69, 9.17) is 0 Å². The molecule has 15 heavy (non-hydrogen) atoms. The summed E-state index contributed by atoms with van der Waals surface area (Å²) in [5, 5.41) is 0. The van der Waals surface area contributed by atoms with Gasteiger partial charge in [-0.15, -0.1) is 0 Å². The molecule has 0 aromatic carbocycles. The minimum absolute atomic E-state index is 1.05. The first-order valence-corrected chi connectivity index (χ1v) is 7.34. The van der Waals surface area contributed by atoms with Gasteiger partial charge in [-0.05, 0) is 42.4 Å². The number of fused-ring (bicyclic) bond motifs is 5. The molecule has 0 saturated heterocycles. The Hall–Kier alpha value is 0. The Labute approximate surface area is 94.8 Å². The molecular formula is C15H26. The van der Waals surface area contributed by atoms with Gasteiger partial charge >= 0.3 is 0 Å². The average molecular weight is 206 g/mol. The molecule has 0 radical (unpaired) electrons. The van der Waals surface area contributed by atoms with Crippen LogP contribution in [0, 0.1) is 29.6 Å². The van der Waals surface area contributed by atoms with Gasteiger partial charge in [-0.25, -0.2) is 0 Å². The minimum Gasteiger partial charge on any atom is -0.0620 e. The quantitative estimate of drug-likeness (QED) is 0.541. The Morgan fingerprint density at radius 1 is 0.600 bits per heavy atom. The van der Waals surface area contributed by atoms with Crippen LogP contribution in [0.3, 0.4) is 0 Å². The highest BCUT2D eigenvalue weighted by Gasteiger charge is 2.39. The highest BCUT2D eigenvalue weighted by atomic mass is 14.4. The van der Waals surface area contributed by atoms with Gasteiger partial charge in [0.25, 0.3) is 0 Å². The fourth-order valence-electron chi connectivity index (χ4n) is 4.90. The van der Waals surface area contributed by atoms with Crippen molar-refractivity contribution in [3.8, 4) is 0 Å². The lowest BCUT2D eigenvalue weighted by atomic mass is 9.72. The van der Waals surface area contributed by atoms with Crippen molar-refractivity contribution in [2.75, 3.05) is 0 Å². The molecule has 0 nitrogen and oxygen atoms in total. The van der Waals surface area contributed by atoms with E-state index in [1.165, 1.54) is 12.8 Å². The van der Waals surface area contributed by atoms with Crippen molar-refractivity contribution in [3.05, 3.63) is 0 Å². The second-order valence-corrected chi connectivity index (χ2v) is 6.59. The lowest BCUT2D eigenvalue weighted by Crippen LogP contribution is -2.23. The van der Waals surface area contributed by atoms with Crippen LogP contribution in [0.1, 0.15) is 64.7 Å². The van der Waals surface area contributed by atoms with E-state index >= 15 is 0 Å². The van der Waals surface area contributed by atoms with Crippen LogP contribution in [0.25, 0.3) is 0 Å². The molecule has 3 aliphatic carbocycles. The topological polar surface area (TPSA) is 0 Å². The molecule has 3 fully saturated rings. The molecular weight excluding hydrogens is 180 g/mol. The van der Waals surface area contributed by atoms with Crippen molar-refractivity contribution in [2.24, 2.45) is 29.6 Å². The van der Waals surface area contributed by atoms with Gasteiger partial charge in [-0.2, -0.15) is 0 Å². The molecule has 0 N–H and O–H groups in total. The van der Waals surface area contributed by atoms with Gasteiger partial charge < -0.3 is 0 Å². The molecule has 0 heterocycles. The first-order chi connectivity index (χ1) is 7.34. The molecule has 4 bridgehead atoms. The van der Waals surface area contributed by atoms with E-state index in [0.717, 1.165) is 29.6 Å². The maximum atomic E-state index is 2.57. The van der Waals surface area contributed by atoms with Crippen LogP contribution in [-0.4, -0.2) is 0 Å². The summed E-state index contributed by atoms with van der Waals surface area (Å²) in [7, 11) is 0. The summed E-state index contributed by atoms with van der Waals surface area (Å²) in [6.07, 6.45) is 14.1. The summed E-state index contributed by atoms with van der Waals surface area (Å²) in [5.41, 5.74) is 0. The SMILES string of the molecule is CC1C2CCCC(C2)[C@H]2CCCCC1C2. The maximum Gasteiger partial charge on any atom is -0.0383 e. The predicted octanol–water partition coefficient (Wildman–Crippen LogP) is 4.64. The minimum atomic E-state index is 1.05. The summed E-state index contributed by atoms with van der Waals surface area (Å²) in [5.74, 6) is 5.53. The second kappa shape index (κ2) is 4.11. The van der Waals surface area contributed by atoms with Crippen molar-refractivity contribution in [2.45, 2.75) is 64.7 Å². The number of hydrogen-bond donors (Lipinski definition) is 0. The van der Waals surface area contributed by atoms with E-state index in [0.29, 0.717) is 0 Å². The molecule has 3 rings (SSSR count). The summed E-state index contributed by atoms with van der Waals surface area (Å²) in [4.78, 5) is 0. The van der Waals surface area contributed by atoms with Crippen LogP contribution in [0.2, 0.25) is 0 Å². The molecule has 0 aromatic heterocycles. The van der Waals surface area contributed by atoms with Crippen LogP contribution in [0.15, 0.2) is 0 Å². The van der Waals surface area contributed by atoms with Gasteiger partial charge in [0.2, 0.25) is 0 Å². The summed E-state index contributed by atoms with van der Waals surface area (Å²) in [6, 6.07) is 0. The van der Waals surface area contributed by atoms with Gasteiger partial charge in [-0.1, -0.05) is 51.9 Å². The molecule has 0 heteroatoms. The van der Waals surface area contributed by atoms with E-state index in [2.05, 4.69) is 6.92 Å². The first-order valence-electron chi connectivity index (χ1n) is 7.34. The molecule has 86 valence electrons. The van der Waals surface area contributed by atoms with Gasteiger partial charge in [0, 0.05) is 0 Å². The molecule has 0 aliphatic heterocycles. The summed E-state index contributed by atoms with van der Waals surface area (Å²) >= 11 is 0. The Balaban J connectivity index is 1.85. The Morgan fingerprint density at radius 2 is 1.07 bits per heavy atom. The maximum absolute atomic E-state index is 2.57. The van der Waals surface area contributed by atoms with Crippen molar-refractivity contribution in [1.29, 1.82) is 0 Å². The highest BCUT2D eigenvalue weighted by molar-refractivity contribution is 4.90. The van der Waals surface area contributed by atoms with Gasteiger partial charge in [0.15, 0.2) is 0 Å². The lowest BCUT2D eigenvalue weighted by Gasteiger charge is -2.34. The molecule has 3 aliphatic rings. The van der Waals surface area contributed by atoms with E-state index in [9.17, 15) is 0 Å². The van der Waals surface area contributed by atoms with E-state index in [-0.39, 0.29) is 0 Å². The smallest absolute Gasteiger partial charge is 0.0383 e. The Morgan fingerprint density at radius 3 is 1.73 bits per heavy atom. The Kier molecular flexibility index (Phi) is 2.79. The molecule has 5 atom stereocenters. The number of rotatable bonds is 0. The van der Waals surface area contributed by atoms with Gasteiger partial charge in [0.1, 0.15) is 0 Å². The lowest BCUT2D eigenvalue weighted by molar-refractivity contribution is 0.172. The van der Waals surface area contributed by atoms with Gasteiger partial charge in [-0.3, -0.25) is 0 Å². The van der Waals surface area contributed by atoms with Crippen molar-refractivity contribution >= 4 is 0 Å². The van der Waals surface area contributed by atoms with E-state index in [1.54, 1.807) is 44.9 Å². The fourth-order valence-corrected chi connectivity index (χ4v) is 4.90. The largest absolute Gasteiger partial charge is 0.0620 e. The van der Waals surface area contributed by atoms with E-state index < -0.39 is 0 Å². The zero-order valence-electron chi connectivity index (χ0n) is 10.3. The summed E-state index contributed by atoms with van der Waals surface area (Å²) in [6.45, 7) is 2.57. The van der Waals surface area contributed by atoms with Crippen LogP contribution in [-0.2, 0) is 0 Å². The number of hydrogen-bond acceptors (Lipinski definition) is 0. The third kappa shape index (κ3) is 1.85. The summed E-state index contributed by atoms with van der Waals surface area (Å²) < 4.78 is 0. The molecule has 3 saturated carbocycles. The predicted molar refractivity (Wildman–Crippen MR) is 64.7 cm³/mol. The second-order valence-electron chi connectivity index (χ2n) is 6.59. The molecule has 0 amide bonds. The molecule has 0 spiro atoms. The zero-order valence-corrected chi connectivity index (χ0v) is 10.3. The van der Waals surface area contributed by atoms with Crippen LogP contribution in [0.5, 0.6) is 0 Å². The third-order valence-corrected chi connectivity index (χ3v) is 5.91. The normalized spacial score (nSPS) is 50.6. The molecule has 4 unspecified atom stereocenters. The van der Waals surface area contributed by atoms with Crippen LogP contribution in [0.4, 0.5) is 0 Å². The van der Waals surface area contributed by atoms with Gasteiger partial charge in [0.05, 0.1) is 0 Å². The first kappa shape index (κ1) is 10.2. The van der Waals surface area contributed by atoms with E-state index in [1.807, 2.05) is 0 Å². The average Bonchev–Trinajstić information content (AvgIpc) is 2.56. The van der Waals surface area contributed by atoms with Crippen molar-refractivity contribution in [1.82, 2.24) is 0 Å². The van der Waals surface area contributed by atoms with Crippen LogP contribution < -0.4 is 0 Å². The fraction of sp³-hybridized carbons (Fsp3) is 1.00. The van der Waals surface area contributed by atoms with Crippen LogP contribution >= 0.6 is 0 Å². The standard InChI is InChI=1S/C15H26/c1-11-12-5-2-3-6-14(9-12)15-8-4-7-13(11)10-15/h11-15H,2-10H2,1H3/t11?,12?,13?,14-,15?/m0/s1. The Bertz CT molecular complexity index is 210. The van der Waals surface area contributed by atoms with Crippen molar-refractivity contribution in [3.63, 3.8) is 0 Å². The highest BCUT2D eigenvalue weighted by Crippen LogP contribution is 2.50. The van der Waals surface area contributed by atoms with Crippen molar-refractivity contribution < 1.29 is 0 Å². The third-order valence-electron chi connectivity index (χ3n) is 5.91. The monoisotopic (exact) mass is 206 g/mol.